The second-order valence-corrected chi connectivity index (χ2v) is 11.9. The summed E-state index contributed by atoms with van der Waals surface area (Å²) in [7, 11) is -3.95. The molecule has 1 amide bonds. The Morgan fingerprint density at radius 1 is 1.10 bits per heavy atom. The molecule has 0 fully saturated rings. The van der Waals surface area contributed by atoms with Crippen LogP contribution in [0.1, 0.15) is 25.0 Å². The number of anilines is 2. The number of sulfonamides is 1. The van der Waals surface area contributed by atoms with Gasteiger partial charge in [0.05, 0.1) is 10.6 Å². The molecule has 0 saturated heterocycles. The average molecular weight is 477 g/mol. The quantitative estimate of drug-likeness (QED) is 0.380. The van der Waals surface area contributed by atoms with Gasteiger partial charge in [-0.1, -0.05) is 61.2 Å². The lowest BCUT2D eigenvalue weighted by Crippen LogP contribution is -2.38. The summed E-state index contributed by atoms with van der Waals surface area (Å²) >= 11 is 2.81. The highest BCUT2D eigenvalue weighted by molar-refractivity contribution is 8.01. The van der Waals surface area contributed by atoms with E-state index in [4.69, 9.17) is 0 Å². The molecule has 1 aromatic heterocycles. The zero-order valence-electron chi connectivity index (χ0n) is 17.7. The van der Waals surface area contributed by atoms with Gasteiger partial charge < -0.3 is 0 Å². The topological polar surface area (TPSA) is 92.3 Å². The molecule has 0 unspecified atom stereocenters. The summed E-state index contributed by atoms with van der Waals surface area (Å²) < 4.78 is 28.6. The summed E-state index contributed by atoms with van der Waals surface area (Å²) in [5, 5.41) is 11.4. The standard InChI is InChI=1S/C21H24N4O3S3/c1-14(2)29-21-24-23-20(30-21)22-19(26)13-25(17-11-15(3)10-16(4)12-17)31(27,28)18-8-6-5-7-9-18/h5-12,14H,13H2,1-4H3,(H,22,23,26). The molecule has 0 radical (unpaired) electrons. The Hall–Kier alpha value is -2.43. The molecular weight excluding hydrogens is 452 g/mol. The molecule has 10 heteroatoms. The van der Waals surface area contributed by atoms with Gasteiger partial charge in [0, 0.05) is 5.25 Å². The van der Waals surface area contributed by atoms with Crippen LogP contribution in [0, 0.1) is 13.8 Å². The van der Waals surface area contributed by atoms with Crippen molar-refractivity contribution in [3.63, 3.8) is 0 Å². The van der Waals surface area contributed by atoms with Gasteiger partial charge in [0.2, 0.25) is 11.0 Å². The molecule has 7 nitrogen and oxygen atoms in total. The maximum atomic E-state index is 13.4. The van der Waals surface area contributed by atoms with E-state index in [1.54, 1.807) is 42.1 Å². The zero-order chi connectivity index (χ0) is 22.6. The number of aromatic nitrogens is 2. The van der Waals surface area contributed by atoms with E-state index in [1.165, 1.54) is 23.5 Å². The van der Waals surface area contributed by atoms with Crippen LogP contribution in [0.3, 0.4) is 0 Å². The van der Waals surface area contributed by atoms with Crippen molar-refractivity contribution in [3.8, 4) is 0 Å². The molecule has 0 aliphatic carbocycles. The molecule has 0 atom stereocenters. The van der Waals surface area contributed by atoms with Crippen LogP contribution >= 0.6 is 23.1 Å². The van der Waals surface area contributed by atoms with Gasteiger partial charge in [-0.15, -0.1) is 10.2 Å². The van der Waals surface area contributed by atoms with Gasteiger partial charge >= 0.3 is 0 Å². The molecule has 0 aliphatic rings. The van der Waals surface area contributed by atoms with Crippen LogP contribution < -0.4 is 9.62 Å². The zero-order valence-corrected chi connectivity index (χ0v) is 20.1. The van der Waals surface area contributed by atoms with Crippen molar-refractivity contribution < 1.29 is 13.2 Å². The number of benzene rings is 2. The van der Waals surface area contributed by atoms with Gasteiger partial charge in [-0.3, -0.25) is 14.4 Å². The number of nitrogens with zero attached hydrogens (tertiary/aromatic N) is 3. The lowest BCUT2D eigenvalue weighted by Gasteiger charge is -2.24. The lowest BCUT2D eigenvalue weighted by atomic mass is 10.1. The minimum absolute atomic E-state index is 0.119. The predicted molar refractivity (Wildman–Crippen MR) is 126 cm³/mol. The number of carbonyl (C=O) groups is 1. The second kappa shape index (κ2) is 9.80. The van der Waals surface area contributed by atoms with Crippen molar-refractivity contribution in [2.75, 3.05) is 16.2 Å². The minimum atomic E-state index is -3.95. The summed E-state index contributed by atoms with van der Waals surface area (Å²) in [5.74, 6) is -0.490. The molecule has 0 bridgehead atoms. The predicted octanol–water partition coefficient (Wildman–Crippen LogP) is 4.49. The summed E-state index contributed by atoms with van der Waals surface area (Å²) in [5.41, 5.74) is 2.25. The van der Waals surface area contributed by atoms with Gasteiger partial charge in [0.25, 0.3) is 10.0 Å². The molecule has 164 valence electrons. The molecule has 1 N–H and O–H groups in total. The van der Waals surface area contributed by atoms with Crippen LogP contribution in [0.5, 0.6) is 0 Å². The number of hydrogen-bond acceptors (Lipinski definition) is 7. The van der Waals surface area contributed by atoms with Gasteiger partial charge in [0.15, 0.2) is 4.34 Å². The van der Waals surface area contributed by atoms with Crippen LogP contribution in [0.4, 0.5) is 10.8 Å². The van der Waals surface area contributed by atoms with E-state index < -0.39 is 15.9 Å². The van der Waals surface area contributed by atoms with Crippen molar-refractivity contribution in [3.05, 3.63) is 59.7 Å². The molecule has 2 aromatic carbocycles. The van der Waals surface area contributed by atoms with Crippen molar-refractivity contribution in [2.24, 2.45) is 0 Å². The third-order valence-corrected chi connectivity index (χ3v) is 7.82. The Kier molecular flexibility index (Phi) is 7.34. The number of amides is 1. The first-order valence-corrected chi connectivity index (χ1v) is 12.7. The molecule has 0 aliphatic heterocycles. The largest absolute Gasteiger partial charge is 0.299 e. The highest BCUT2D eigenvalue weighted by Gasteiger charge is 2.28. The van der Waals surface area contributed by atoms with E-state index in [-0.39, 0.29) is 11.4 Å². The van der Waals surface area contributed by atoms with Crippen LogP contribution in [-0.2, 0) is 14.8 Å². The first kappa shape index (κ1) is 23.2. The second-order valence-electron chi connectivity index (χ2n) is 7.26. The van der Waals surface area contributed by atoms with E-state index in [1.807, 2.05) is 33.8 Å². The first-order valence-electron chi connectivity index (χ1n) is 9.61. The number of nitrogens with one attached hydrogen (secondary N) is 1. The van der Waals surface area contributed by atoms with Crippen molar-refractivity contribution in [2.45, 2.75) is 42.2 Å². The van der Waals surface area contributed by atoms with Crippen molar-refractivity contribution in [1.82, 2.24) is 10.2 Å². The molecule has 1 heterocycles. The highest BCUT2D eigenvalue weighted by atomic mass is 32.2. The molecule has 0 spiro atoms. The Labute approximate surface area is 191 Å². The summed E-state index contributed by atoms with van der Waals surface area (Å²) in [4.78, 5) is 12.9. The fourth-order valence-electron chi connectivity index (χ4n) is 2.93. The Balaban J connectivity index is 1.89. The van der Waals surface area contributed by atoms with Gasteiger partial charge in [-0.05, 0) is 49.2 Å². The van der Waals surface area contributed by atoms with E-state index >= 15 is 0 Å². The van der Waals surface area contributed by atoms with Crippen LogP contribution in [0.25, 0.3) is 0 Å². The lowest BCUT2D eigenvalue weighted by molar-refractivity contribution is -0.114. The smallest absolute Gasteiger partial charge is 0.264 e. The molecule has 0 saturated carbocycles. The molecular formula is C21H24N4O3S3. The van der Waals surface area contributed by atoms with Crippen molar-refractivity contribution >= 4 is 49.8 Å². The number of hydrogen-bond donors (Lipinski definition) is 1. The fraction of sp³-hybridized carbons (Fsp3) is 0.286. The summed E-state index contributed by atoms with van der Waals surface area (Å²) in [6.07, 6.45) is 0. The SMILES string of the molecule is Cc1cc(C)cc(N(CC(=O)Nc2nnc(SC(C)C)s2)S(=O)(=O)c2ccccc2)c1. The third kappa shape index (κ3) is 6.05. The average Bonchev–Trinajstić information content (AvgIpc) is 3.11. The van der Waals surface area contributed by atoms with Crippen LogP contribution in [0.2, 0.25) is 0 Å². The molecule has 31 heavy (non-hydrogen) atoms. The minimum Gasteiger partial charge on any atom is -0.299 e. The number of rotatable bonds is 8. The summed E-state index contributed by atoms with van der Waals surface area (Å²) in [6, 6.07) is 13.5. The number of aryl methyl sites for hydroxylation is 2. The Morgan fingerprint density at radius 2 is 1.74 bits per heavy atom. The van der Waals surface area contributed by atoms with E-state index in [2.05, 4.69) is 15.5 Å². The normalized spacial score (nSPS) is 11.5. The van der Waals surface area contributed by atoms with Gasteiger partial charge in [-0.2, -0.15) is 0 Å². The van der Waals surface area contributed by atoms with Gasteiger partial charge in [-0.25, -0.2) is 8.42 Å². The summed E-state index contributed by atoms with van der Waals surface area (Å²) in [6.45, 7) is 7.48. The van der Waals surface area contributed by atoms with Crippen LogP contribution in [0.15, 0.2) is 57.8 Å². The number of thioether (sulfide) groups is 1. The third-order valence-electron chi connectivity index (χ3n) is 4.10. The molecule has 3 rings (SSSR count). The first-order chi connectivity index (χ1) is 14.6. The number of carbonyl (C=O) groups excluding carboxylic acids is 1. The van der Waals surface area contributed by atoms with E-state index in [0.29, 0.717) is 16.1 Å². The monoisotopic (exact) mass is 476 g/mol. The molecule has 3 aromatic rings. The van der Waals surface area contributed by atoms with E-state index in [9.17, 15) is 13.2 Å². The van der Waals surface area contributed by atoms with E-state index in [0.717, 1.165) is 19.8 Å². The Morgan fingerprint density at radius 3 is 2.35 bits per heavy atom. The van der Waals surface area contributed by atoms with Crippen LogP contribution in [-0.4, -0.2) is 36.3 Å². The highest BCUT2D eigenvalue weighted by Crippen LogP contribution is 2.29. The van der Waals surface area contributed by atoms with Gasteiger partial charge in [0.1, 0.15) is 6.54 Å². The Bertz CT molecular complexity index is 1140. The van der Waals surface area contributed by atoms with Crippen molar-refractivity contribution in [1.29, 1.82) is 0 Å². The maximum absolute atomic E-state index is 13.4. The maximum Gasteiger partial charge on any atom is 0.264 e. The fourth-order valence-corrected chi connectivity index (χ4v) is 6.35.